The molecular formula is C9H16N2O2. The topological polar surface area (TPSA) is 41.6 Å². The summed E-state index contributed by atoms with van der Waals surface area (Å²) in [7, 11) is 1.44. The van der Waals surface area contributed by atoms with Crippen molar-refractivity contribution in [1.82, 2.24) is 10.2 Å². The van der Waals surface area contributed by atoms with Gasteiger partial charge in [-0.1, -0.05) is 0 Å². The van der Waals surface area contributed by atoms with Crippen LogP contribution in [0.5, 0.6) is 0 Å². The zero-order valence-electron chi connectivity index (χ0n) is 7.95. The normalized spacial score (nSPS) is 34.2. The number of nitrogens with one attached hydrogen (secondary N) is 1. The first-order valence-corrected chi connectivity index (χ1v) is 4.86. The summed E-state index contributed by atoms with van der Waals surface area (Å²) < 4.78 is 4.71. The minimum absolute atomic E-state index is 0.112. The molecule has 0 aromatic rings. The standard InChI is InChI=1S/C9H16N2O2/c1-13-9(12)8-6-11-4-2-3-7(11)5-10-8/h7-8,10H,2-6H2,1H3/t7-,8+/m0/s1. The molecule has 0 spiro atoms. The van der Waals surface area contributed by atoms with Crippen LogP contribution in [0.1, 0.15) is 12.8 Å². The molecule has 13 heavy (non-hydrogen) atoms. The van der Waals surface area contributed by atoms with E-state index < -0.39 is 0 Å². The number of methoxy groups -OCH3 is 1. The summed E-state index contributed by atoms with van der Waals surface area (Å²) in [6.07, 6.45) is 2.53. The Balaban J connectivity index is 1.93. The molecule has 0 amide bonds. The van der Waals surface area contributed by atoms with Gasteiger partial charge < -0.3 is 10.1 Å². The van der Waals surface area contributed by atoms with Crippen molar-refractivity contribution in [2.24, 2.45) is 0 Å². The van der Waals surface area contributed by atoms with Crippen LogP contribution in [0.15, 0.2) is 0 Å². The van der Waals surface area contributed by atoms with Crippen LogP contribution in [-0.4, -0.2) is 49.7 Å². The van der Waals surface area contributed by atoms with Crippen molar-refractivity contribution in [3.05, 3.63) is 0 Å². The summed E-state index contributed by atoms with van der Waals surface area (Å²) in [5, 5.41) is 3.22. The predicted molar refractivity (Wildman–Crippen MR) is 48.4 cm³/mol. The van der Waals surface area contributed by atoms with Gasteiger partial charge in [-0.15, -0.1) is 0 Å². The molecule has 0 aromatic heterocycles. The molecule has 2 aliphatic heterocycles. The van der Waals surface area contributed by atoms with Crippen LogP contribution in [0, 0.1) is 0 Å². The maximum absolute atomic E-state index is 11.2. The molecule has 2 atom stereocenters. The van der Waals surface area contributed by atoms with Gasteiger partial charge in [-0.05, 0) is 19.4 Å². The highest BCUT2D eigenvalue weighted by Crippen LogP contribution is 2.19. The summed E-state index contributed by atoms with van der Waals surface area (Å²) in [5.74, 6) is -0.134. The Morgan fingerprint density at radius 3 is 3.23 bits per heavy atom. The molecule has 74 valence electrons. The molecule has 0 unspecified atom stereocenters. The second kappa shape index (κ2) is 3.64. The van der Waals surface area contributed by atoms with Crippen LogP contribution in [0.3, 0.4) is 0 Å². The Labute approximate surface area is 78.2 Å². The molecule has 0 aliphatic carbocycles. The molecule has 4 nitrogen and oxygen atoms in total. The lowest BCUT2D eigenvalue weighted by Gasteiger charge is -2.34. The minimum atomic E-state index is -0.134. The third-order valence-corrected chi connectivity index (χ3v) is 3.00. The summed E-state index contributed by atoms with van der Waals surface area (Å²) in [4.78, 5) is 13.6. The predicted octanol–water partition coefficient (Wildman–Crippen LogP) is -0.404. The Bertz CT molecular complexity index is 208. The van der Waals surface area contributed by atoms with E-state index in [-0.39, 0.29) is 12.0 Å². The first-order valence-electron chi connectivity index (χ1n) is 4.86. The fourth-order valence-electron chi connectivity index (χ4n) is 2.24. The van der Waals surface area contributed by atoms with Crippen LogP contribution in [0.25, 0.3) is 0 Å². The van der Waals surface area contributed by atoms with Gasteiger partial charge in [0.05, 0.1) is 7.11 Å². The van der Waals surface area contributed by atoms with Crippen molar-refractivity contribution in [2.45, 2.75) is 24.9 Å². The monoisotopic (exact) mass is 184 g/mol. The van der Waals surface area contributed by atoms with Crippen molar-refractivity contribution in [3.63, 3.8) is 0 Å². The van der Waals surface area contributed by atoms with E-state index in [0.29, 0.717) is 6.04 Å². The Kier molecular flexibility index (Phi) is 2.51. The van der Waals surface area contributed by atoms with E-state index in [4.69, 9.17) is 4.74 Å². The van der Waals surface area contributed by atoms with Crippen molar-refractivity contribution in [3.8, 4) is 0 Å². The van der Waals surface area contributed by atoms with Crippen LogP contribution in [0.4, 0.5) is 0 Å². The summed E-state index contributed by atoms with van der Waals surface area (Å²) in [6.45, 7) is 2.89. The summed E-state index contributed by atoms with van der Waals surface area (Å²) in [5.41, 5.74) is 0. The summed E-state index contributed by atoms with van der Waals surface area (Å²) in [6, 6.07) is 0.542. The number of carbonyl (C=O) groups excluding carboxylic acids is 1. The van der Waals surface area contributed by atoms with Gasteiger partial charge in [-0.2, -0.15) is 0 Å². The van der Waals surface area contributed by atoms with Gasteiger partial charge in [0, 0.05) is 19.1 Å². The van der Waals surface area contributed by atoms with Crippen LogP contribution >= 0.6 is 0 Å². The molecule has 2 rings (SSSR count). The van der Waals surface area contributed by atoms with Gasteiger partial charge in [0.1, 0.15) is 6.04 Å². The zero-order valence-corrected chi connectivity index (χ0v) is 7.95. The lowest BCUT2D eigenvalue weighted by molar-refractivity contribution is -0.144. The van der Waals surface area contributed by atoms with E-state index in [2.05, 4.69) is 10.2 Å². The molecule has 1 N–H and O–H groups in total. The maximum atomic E-state index is 11.2. The van der Waals surface area contributed by atoms with Crippen LogP contribution in [-0.2, 0) is 9.53 Å². The smallest absolute Gasteiger partial charge is 0.324 e. The third-order valence-electron chi connectivity index (χ3n) is 3.00. The average molecular weight is 184 g/mol. The lowest BCUT2D eigenvalue weighted by atomic mass is 10.1. The quantitative estimate of drug-likeness (QED) is 0.563. The van der Waals surface area contributed by atoms with Crippen molar-refractivity contribution in [1.29, 1.82) is 0 Å². The van der Waals surface area contributed by atoms with Gasteiger partial charge in [-0.25, -0.2) is 0 Å². The largest absolute Gasteiger partial charge is 0.468 e. The highest BCUT2D eigenvalue weighted by atomic mass is 16.5. The number of hydrogen-bond donors (Lipinski definition) is 1. The van der Waals surface area contributed by atoms with Crippen molar-refractivity contribution < 1.29 is 9.53 Å². The molecule has 2 aliphatic rings. The number of ether oxygens (including phenoxy) is 1. The Hall–Kier alpha value is -0.610. The van der Waals surface area contributed by atoms with E-state index in [1.165, 1.54) is 20.0 Å². The lowest BCUT2D eigenvalue weighted by Crippen LogP contribution is -2.57. The second-order valence-electron chi connectivity index (χ2n) is 3.77. The molecule has 0 bridgehead atoms. The molecule has 2 heterocycles. The summed E-state index contributed by atoms with van der Waals surface area (Å²) >= 11 is 0. The van der Waals surface area contributed by atoms with Gasteiger partial charge in [0.2, 0.25) is 0 Å². The number of carbonyl (C=O) groups is 1. The molecule has 0 aromatic carbocycles. The zero-order chi connectivity index (χ0) is 9.26. The number of esters is 1. The van der Waals surface area contributed by atoms with E-state index in [0.717, 1.165) is 19.6 Å². The fraction of sp³-hybridized carbons (Fsp3) is 0.889. The van der Waals surface area contributed by atoms with Crippen LogP contribution < -0.4 is 5.32 Å². The SMILES string of the molecule is COC(=O)[C@H]1CN2CCC[C@H]2CN1. The van der Waals surface area contributed by atoms with E-state index in [1.807, 2.05) is 0 Å². The van der Waals surface area contributed by atoms with Crippen molar-refractivity contribution >= 4 is 5.97 Å². The third kappa shape index (κ3) is 1.69. The first-order chi connectivity index (χ1) is 6.31. The Morgan fingerprint density at radius 2 is 2.46 bits per heavy atom. The number of nitrogens with zero attached hydrogens (tertiary/aromatic N) is 1. The van der Waals surface area contributed by atoms with Gasteiger partial charge in [0.15, 0.2) is 0 Å². The number of hydrogen-bond acceptors (Lipinski definition) is 4. The van der Waals surface area contributed by atoms with Gasteiger partial charge >= 0.3 is 5.97 Å². The number of rotatable bonds is 1. The van der Waals surface area contributed by atoms with Gasteiger partial charge in [0.25, 0.3) is 0 Å². The molecule has 4 heteroatoms. The van der Waals surface area contributed by atoms with Crippen LogP contribution in [0.2, 0.25) is 0 Å². The molecule has 0 radical (unpaired) electrons. The molecule has 0 saturated carbocycles. The minimum Gasteiger partial charge on any atom is -0.468 e. The fourth-order valence-corrected chi connectivity index (χ4v) is 2.24. The maximum Gasteiger partial charge on any atom is 0.324 e. The molecule has 2 saturated heterocycles. The molecule has 2 fully saturated rings. The second-order valence-corrected chi connectivity index (χ2v) is 3.77. The first kappa shape index (κ1) is 8.97. The number of piperazine rings is 1. The van der Waals surface area contributed by atoms with E-state index in [9.17, 15) is 4.79 Å². The highest BCUT2D eigenvalue weighted by molar-refractivity contribution is 5.76. The van der Waals surface area contributed by atoms with Crippen molar-refractivity contribution in [2.75, 3.05) is 26.7 Å². The highest BCUT2D eigenvalue weighted by Gasteiger charge is 2.34. The number of fused-ring (bicyclic) bond motifs is 1. The van der Waals surface area contributed by atoms with E-state index >= 15 is 0 Å². The molecular weight excluding hydrogens is 168 g/mol. The average Bonchev–Trinajstić information content (AvgIpc) is 2.63. The Morgan fingerprint density at radius 1 is 1.62 bits per heavy atom. The van der Waals surface area contributed by atoms with Gasteiger partial charge in [-0.3, -0.25) is 9.69 Å². The van der Waals surface area contributed by atoms with E-state index in [1.54, 1.807) is 0 Å².